The molecule has 0 aromatic carbocycles. The van der Waals surface area contributed by atoms with E-state index >= 15 is 0 Å². The van der Waals surface area contributed by atoms with E-state index < -0.39 is 5.54 Å². The Bertz CT molecular complexity index is 441. The van der Waals surface area contributed by atoms with Gasteiger partial charge in [-0.15, -0.1) is 11.8 Å². The molecule has 0 aliphatic carbocycles. The summed E-state index contributed by atoms with van der Waals surface area (Å²) < 4.78 is 4.69. The number of hydrogen-bond donors (Lipinski definition) is 1. The van der Waals surface area contributed by atoms with E-state index in [2.05, 4.69) is 28.8 Å². The summed E-state index contributed by atoms with van der Waals surface area (Å²) in [4.78, 5) is 15.9. The summed E-state index contributed by atoms with van der Waals surface area (Å²) in [6.45, 7) is 5.81. The number of rotatable bonds is 7. The first kappa shape index (κ1) is 17.0. The lowest BCUT2D eigenvalue weighted by atomic mass is 9.97. The highest BCUT2D eigenvalue weighted by molar-refractivity contribution is 7.99. The third kappa shape index (κ3) is 5.51. The van der Waals surface area contributed by atoms with E-state index in [-0.39, 0.29) is 5.97 Å². The molecule has 0 saturated carbocycles. The van der Waals surface area contributed by atoms with Gasteiger partial charge in [-0.3, -0.25) is 4.79 Å². The lowest BCUT2D eigenvalue weighted by Crippen LogP contribution is -2.45. The van der Waals surface area contributed by atoms with Gasteiger partial charge in [-0.25, -0.2) is 4.98 Å². The molecule has 1 aromatic rings. The van der Waals surface area contributed by atoms with Crippen LogP contribution in [0.4, 0.5) is 0 Å². The van der Waals surface area contributed by atoms with Crippen LogP contribution in [-0.2, 0) is 9.53 Å². The molecule has 0 radical (unpaired) electrons. The second kappa shape index (κ2) is 7.64. The number of pyridine rings is 1. The zero-order valence-electron chi connectivity index (χ0n) is 12.7. The van der Waals surface area contributed by atoms with Crippen molar-refractivity contribution in [2.24, 2.45) is 5.73 Å². The van der Waals surface area contributed by atoms with Gasteiger partial charge in [0.2, 0.25) is 0 Å². The van der Waals surface area contributed by atoms with Gasteiger partial charge < -0.3 is 10.5 Å². The molecule has 1 unspecified atom stereocenters. The van der Waals surface area contributed by atoms with Crippen molar-refractivity contribution in [3.8, 4) is 0 Å². The van der Waals surface area contributed by atoms with Crippen molar-refractivity contribution in [3.63, 3.8) is 0 Å². The third-order valence-corrected chi connectivity index (χ3v) is 4.06. The van der Waals surface area contributed by atoms with Gasteiger partial charge in [0.05, 0.1) is 12.1 Å². The molecule has 0 amide bonds. The number of carbonyl (C=O) groups excluding carboxylic acids is 1. The van der Waals surface area contributed by atoms with E-state index in [1.807, 2.05) is 6.92 Å². The minimum Gasteiger partial charge on any atom is -0.468 e. The number of nitrogens with zero attached hydrogens (tertiary/aromatic N) is 1. The average Bonchev–Trinajstić information content (AvgIpc) is 2.36. The summed E-state index contributed by atoms with van der Waals surface area (Å²) in [5.74, 6) is 0.633. The highest BCUT2D eigenvalue weighted by atomic mass is 32.2. The Hall–Kier alpha value is -1.07. The Kier molecular flexibility index (Phi) is 6.49. The van der Waals surface area contributed by atoms with E-state index in [1.165, 1.54) is 12.7 Å². The number of ether oxygens (including phenoxy) is 1. The fourth-order valence-corrected chi connectivity index (χ4v) is 3.02. The molecule has 1 rings (SSSR count). The number of nitrogens with two attached hydrogens (primary N) is 1. The summed E-state index contributed by atoms with van der Waals surface area (Å²) in [5.41, 5.74) is 7.32. The van der Waals surface area contributed by atoms with Crippen molar-refractivity contribution < 1.29 is 9.53 Å². The zero-order chi connectivity index (χ0) is 15.2. The molecule has 112 valence electrons. The molecular weight excluding hydrogens is 272 g/mol. The summed E-state index contributed by atoms with van der Waals surface area (Å²) in [5, 5.41) is 1.06. The molecule has 1 atom stereocenters. The molecule has 0 saturated heterocycles. The van der Waals surface area contributed by atoms with Crippen molar-refractivity contribution in [2.45, 2.75) is 50.6 Å². The standard InChI is InChI=1S/C15H24N2O2S/c1-11-9-12(2)17-13(10-11)20-8-6-5-7-15(3,16)14(18)19-4/h9-10H,5-8,16H2,1-4H3. The van der Waals surface area contributed by atoms with Gasteiger partial charge in [-0.05, 0) is 57.1 Å². The third-order valence-electron chi connectivity index (χ3n) is 3.07. The molecule has 2 N–H and O–H groups in total. The maximum Gasteiger partial charge on any atom is 0.325 e. The van der Waals surface area contributed by atoms with Crippen LogP contribution in [0.1, 0.15) is 37.4 Å². The first-order valence-electron chi connectivity index (χ1n) is 6.80. The average molecular weight is 296 g/mol. The molecule has 20 heavy (non-hydrogen) atoms. The molecule has 0 spiro atoms. The summed E-state index contributed by atoms with van der Waals surface area (Å²) in [7, 11) is 1.37. The van der Waals surface area contributed by atoms with E-state index in [4.69, 9.17) is 5.73 Å². The topological polar surface area (TPSA) is 65.2 Å². The lowest BCUT2D eigenvalue weighted by molar-refractivity contribution is -0.146. The van der Waals surface area contributed by atoms with Gasteiger partial charge in [0.25, 0.3) is 0 Å². The summed E-state index contributed by atoms with van der Waals surface area (Å²) >= 11 is 1.75. The molecule has 1 heterocycles. The maximum absolute atomic E-state index is 11.4. The van der Waals surface area contributed by atoms with E-state index in [0.717, 1.165) is 29.3 Å². The molecule has 0 fully saturated rings. The number of aromatic nitrogens is 1. The van der Waals surface area contributed by atoms with E-state index in [9.17, 15) is 4.79 Å². The van der Waals surface area contributed by atoms with Crippen LogP contribution >= 0.6 is 11.8 Å². The number of thioether (sulfide) groups is 1. The molecule has 4 nitrogen and oxygen atoms in total. The van der Waals surface area contributed by atoms with Crippen LogP contribution in [0.2, 0.25) is 0 Å². The van der Waals surface area contributed by atoms with Crippen LogP contribution in [0.3, 0.4) is 0 Å². The fourth-order valence-electron chi connectivity index (χ4n) is 1.98. The van der Waals surface area contributed by atoms with Crippen molar-refractivity contribution in [2.75, 3.05) is 12.9 Å². The quantitative estimate of drug-likeness (QED) is 0.476. The van der Waals surface area contributed by atoms with Crippen LogP contribution < -0.4 is 5.73 Å². The molecular formula is C15H24N2O2S. The van der Waals surface area contributed by atoms with Crippen molar-refractivity contribution in [1.82, 2.24) is 4.98 Å². The fraction of sp³-hybridized carbons (Fsp3) is 0.600. The Morgan fingerprint density at radius 2 is 2.10 bits per heavy atom. The number of carbonyl (C=O) groups is 1. The van der Waals surface area contributed by atoms with Gasteiger partial charge in [0.1, 0.15) is 5.54 Å². The molecule has 5 heteroatoms. The highest BCUT2D eigenvalue weighted by Gasteiger charge is 2.28. The predicted molar refractivity (Wildman–Crippen MR) is 82.9 cm³/mol. The highest BCUT2D eigenvalue weighted by Crippen LogP contribution is 2.20. The molecule has 0 aliphatic rings. The predicted octanol–water partition coefficient (Wildman–Crippen LogP) is 2.85. The molecule has 1 aromatic heterocycles. The summed E-state index contributed by atoms with van der Waals surface area (Å²) in [6, 6.07) is 4.17. The second-order valence-corrected chi connectivity index (χ2v) is 6.45. The van der Waals surface area contributed by atoms with E-state index in [1.54, 1.807) is 18.7 Å². The van der Waals surface area contributed by atoms with Crippen LogP contribution in [-0.4, -0.2) is 29.4 Å². The normalized spacial score (nSPS) is 13.8. The van der Waals surface area contributed by atoms with Crippen LogP contribution in [0.15, 0.2) is 17.2 Å². The van der Waals surface area contributed by atoms with Crippen molar-refractivity contribution in [3.05, 3.63) is 23.4 Å². The smallest absolute Gasteiger partial charge is 0.325 e. The van der Waals surface area contributed by atoms with Crippen LogP contribution in [0, 0.1) is 13.8 Å². The van der Waals surface area contributed by atoms with Gasteiger partial charge in [-0.1, -0.05) is 6.42 Å². The second-order valence-electron chi connectivity index (χ2n) is 5.34. The van der Waals surface area contributed by atoms with Crippen LogP contribution in [0.5, 0.6) is 0 Å². The Morgan fingerprint density at radius 1 is 1.40 bits per heavy atom. The minimum absolute atomic E-state index is 0.346. The first-order valence-corrected chi connectivity index (χ1v) is 7.79. The van der Waals surface area contributed by atoms with Crippen molar-refractivity contribution in [1.29, 1.82) is 0 Å². The van der Waals surface area contributed by atoms with Gasteiger partial charge >= 0.3 is 5.97 Å². The van der Waals surface area contributed by atoms with Crippen LogP contribution in [0.25, 0.3) is 0 Å². The number of esters is 1. The first-order chi connectivity index (χ1) is 9.35. The number of aryl methyl sites for hydroxylation is 2. The molecule has 0 aliphatic heterocycles. The van der Waals surface area contributed by atoms with Gasteiger partial charge in [0.15, 0.2) is 0 Å². The number of hydrogen-bond acceptors (Lipinski definition) is 5. The van der Waals surface area contributed by atoms with Gasteiger partial charge in [-0.2, -0.15) is 0 Å². The lowest BCUT2D eigenvalue weighted by Gasteiger charge is -2.20. The Labute approximate surface area is 125 Å². The minimum atomic E-state index is -0.877. The monoisotopic (exact) mass is 296 g/mol. The van der Waals surface area contributed by atoms with E-state index in [0.29, 0.717) is 6.42 Å². The Morgan fingerprint density at radius 3 is 2.70 bits per heavy atom. The van der Waals surface area contributed by atoms with Gasteiger partial charge in [0, 0.05) is 5.69 Å². The summed E-state index contributed by atoms with van der Waals surface area (Å²) in [6.07, 6.45) is 2.55. The zero-order valence-corrected chi connectivity index (χ0v) is 13.5. The van der Waals surface area contributed by atoms with Crippen molar-refractivity contribution >= 4 is 17.7 Å². The maximum atomic E-state index is 11.4. The largest absolute Gasteiger partial charge is 0.468 e. The Balaban J connectivity index is 2.30. The SMILES string of the molecule is COC(=O)C(C)(N)CCCCSc1cc(C)cc(C)n1. The number of methoxy groups -OCH3 is 1. The molecule has 0 bridgehead atoms. The number of unbranched alkanes of at least 4 members (excludes halogenated alkanes) is 1.